The normalized spacial score (nSPS) is 10.3. The number of hydrogen-bond acceptors (Lipinski definition) is 2. The number of nitrogens with one attached hydrogen (secondary N) is 1. The molecule has 4 heteroatoms. The third-order valence-electron chi connectivity index (χ3n) is 3.11. The minimum atomic E-state index is 0. The first kappa shape index (κ1) is 16.5. The van der Waals surface area contributed by atoms with Crippen molar-refractivity contribution in [1.82, 2.24) is 15.1 Å². The van der Waals surface area contributed by atoms with Gasteiger partial charge in [-0.1, -0.05) is 32.6 Å². The lowest BCUT2D eigenvalue weighted by atomic mass is 10.1. The summed E-state index contributed by atoms with van der Waals surface area (Å²) in [6.07, 6.45) is 8.68. The maximum atomic E-state index is 4.23. The molecule has 0 amide bonds. The zero-order chi connectivity index (χ0) is 11.8. The van der Waals surface area contributed by atoms with Crippen LogP contribution in [0.1, 0.15) is 50.3 Å². The Bertz CT molecular complexity index is 297. The van der Waals surface area contributed by atoms with Gasteiger partial charge in [-0.3, -0.25) is 4.68 Å². The van der Waals surface area contributed by atoms with Crippen molar-refractivity contribution in [2.45, 2.75) is 52.5 Å². The molecule has 0 aliphatic heterocycles. The largest absolute Gasteiger partial charge is 0.313 e. The Morgan fingerprint density at radius 1 is 1.24 bits per heavy atom. The van der Waals surface area contributed by atoms with Gasteiger partial charge in [-0.2, -0.15) is 5.10 Å². The highest BCUT2D eigenvalue weighted by atomic mass is 35.5. The minimum Gasteiger partial charge on any atom is -0.313 e. The predicted octanol–water partition coefficient (Wildman–Crippen LogP) is 3.21. The van der Waals surface area contributed by atoms with E-state index in [1.165, 1.54) is 43.4 Å². The van der Waals surface area contributed by atoms with Gasteiger partial charge in [0.25, 0.3) is 0 Å². The topological polar surface area (TPSA) is 29.9 Å². The molecule has 0 saturated heterocycles. The molecule has 0 aliphatic rings. The van der Waals surface area contributed by atoms with Gasteiger partial charge >= 0.3 is 0 Å². The first-order valence-electron chi connectivity index (χ1n) is 6.44. The molecule has 0 aromatic carbocycles. The van der Waals surface area contributed by atoms with Gasteiger partial charge in [0.1, 0.15) is 0 Å². The third kappa shape index (κ3) is 6.08. The molecule has 1 aromatic heterocycles. The average Bonchev–Trinajstić information content (AvgIpc) is 2.59. The summed E-state index contributed by atoms with van der Waals surface area (Å²) in [5, 5.41) is 7.71. The molecule has 3 nitrogen and oxygen atoms in total. The Morgan fingerprint density at radius 2 is 1.94 bits per heavy atom. The fraction of sp³-hybridized carbons (Fsp3) is 0.769. The first-order valence-corrected chi connectivity index (χ1v) is 6.44. The number of nitrogens with zero attached hydrogens (tertiary/aromatic N) is 2. The molecule has 0 radical (unpaired) electrons. The van der Waals surface area contributed by atoms with Crippen LogP contribution in [0.25, 0.3) is 0 Å². The van der Waals surface area contributed by atoms with Crippen LogP contribution >= 0.6 is 12.4 Å². The minimum absolute atomic E-state index is 0. The standard InChI is InChI=1S/C13H25N3.ClH/c1-4-5-6-7-8-9-14-10-13-11-15-16(3)12(13)2;/h11,14H,4-10H2,1-3H3;1H. The van der Waals surface area contributed by atoms with Gasteiger partial charge in [0.05, 0.1) is 6.20 Å². The number of aryl methyl sites for hydroxylation is 1. The zero-order valence-corrected chi connectivity index (χ0v) is 12.1. The molecule has 100 valence electrons. The van der Waals surface area contributed by atoms with E-state index in [0.29, 0.717) is 0 Å². The van der Waals surface area contributed by atoms with Crippen LogP contribution in [0.4, 0.5) is 0 Å². The second-order valence-electron chi connectivity index (χ2n) is 4.47. The Labute approximate surface area is 111 Å². The molecule has 1 rings (SSSR count). The van der Waals surface area contributed by atoms with Gasteiger partial charge in [-0.25, -0.2) is 0 Å². The molecule has 0 fully saturated rings. The second kappa shape index (κ2) is 9.49. The summed E-state index contributed by atoms with van der Waals surface area (Å²) in [4.78, 5) is 0. The maximum absolute atomic E-state index is 4.23. The molecule has 0 aliphatic carbocycles. The molecular formula is C13H26ClN3. The maximum Gasteiger partial charge on any atom is 0.0537 e. The van der Waals surface area contributed by atoms with Gasteiger partial charge in [-0.15, -0.1) is 12.4 Å². The lowest BCUT2D eigenvalue weighted by molar-refractivity contribution is 0.582. The number of halogens is 1. The van der Waals surface area contributed by atoms with E-state index in [4.69, 9.17) is 0 Å². The van der Waals surface area contributed by atoms with E-state index in [1.807, 2.05) is 17.9 Å². The molecule has 0 saturated carbocycles. The van der Waals surface area contributed by atoms with Crippen molar-refractivity contribution < 1.29 is 0 Å². The van der Waals surface area contributed by atoms with Crippen LogP contribution in [0.5, 0.6) is 0 Å². The van der Waals surface area contributed by atoms with Crippen LogP contribution in [0.2, 0.25) is 0 Å². The van der Waals surface area contributed by atoms with Crippen molar-refractivity contribution in [3.8, 4) is 0 Å². The van der Waals surface area contributed by atoms with Crippen LogP contribution < -0.4 is 5.32 Å². The lowest BCUT2D eigenvalue weighted by Crippen LogP contribution is -2.15. The van der Waals surface area contributed by atoms with Crippen LogP contribution in [0.3, 0.4) is 0 Å². The fourth-order valence-corrected chi connectivity index (χ4v) is 1.79. The SMILES string of the molecule is CCCCCCCNCc1cnn(C)c1C.Cl. The Kier molecular flexibility index (Phi) is 9.18. The molecule has 1 heterocycles. The van der Waals surface area contributed by atoms with E-state index in [-0.39, 0.29) is 12.4 Å². The van der Waals surface area contributed by atoms with E-state index in [9.17, 15) is 0 Å². The van der Waals surface area contributed by atoms with Crippen molar-refractivity contribution in [1.29, 1.82) is 0 Å². The average molecular weight is 260 g/mol. The Balaban J connectivity index is 0.00000256. The molecule has 0 spiro atoms. The lowest BCUT2D eigenvalue weighted by Gasteiger charge is -2.04. The Morgan fingerprint density at radius 3 is 2.53 bits per heavy atom. The molecule has 0 bridgehead atoms. The van der Waals surface area contributed by atoms with Gasteiger partial charge in [0, 0.05) is 24.8 Å². The summed E-state index contributed by atoms with van der Waals surface area (Å²) in [5.41, 5.74) is 2.58. The van der Waals surface area contributed by atoms with Crippen molar-refractivity contribution in [2.75, 3.05) is 6.54 Å². The van der Waals surface area contributed by atoms with Crippen LogP contribution in [-0.4, -0.2) is 16.3 Å². The van der Waals surface area contributed by atoms with Crippen LogP contribution in [0.15, 0.2) is 6.20 Å². The molecule has 1 aromatic rings. The van der Waals surface area contributed by atoms with Gasteiger partial charge in [0.15, 0.2) is 0 Å². The number of aromatic nitrogens is 2. The van der Waals surface area contributed by atoms with Crippen LogP contribution in [-0.2, 0) is 13.6 Å². The first-order chi connectivity index (χ1) is 7.75. The fourth-order valence-electron chi connectivity index (χ4n) is 1.79. The number of unbranched alkanes of at least 4 members (excludes halogenated alkanes) is 4. The number of rotatable bonds is 8. The molecule has 1 N–H and O–H groups in total. The Hall–Kier alpha value is -0.540. The highest BCUT2D eigenvalue weighted by Gasteiger charge is 2.01. The van der Waals surface area contributed by atoms with E-state index in [1.54, 1.807) is 0 Å². The molecular weight excluding hydrogens is 234 g/mol. The highest BCUT2D eigenvalue weighted by Crippen LogP contribution is 2.05. The van der Waals surface area contributed by atoms with E-state index in [2.05, 4.69) is 24.3 Å². The van der Waals surface area contributed by atoms with E-state index < -0.39 is 0 Å². The smallest absolute Gasteiger partial charge is 0.0537 e. The predicted molar refractivity (Wildman–Crippen MR) is 75.7 cm³/mol. The van der Waals surface area contributed by atoms with Crippen molar-refractivity contribution in [3.63, 3.8) is 0 Å². The quantitative estimate of drug-likeness (QED) is 0.727. The highest BCUT2D eigenvalue weighted by molar-refractivity contribution is 5.85. The summed E-state index contributed by atoms with van der Waals surface area (Å²) in [6.45, 7) is 6.44. The molecule has 0 unspecified atom stereocenters. The summed E-state index contributed by atoms with van der Waals surface area (Å²) < 4.78 is 1.93. The van der Waals surface area contributed by atoms with Gasteiger partial charge in [0.2, 0.25) is 0 Å². The summed E-state index contributed by atoms with van der Waals surface area (Å²) in [5.74, 6) is 0. The van der Waals surface area contributed by atoms with Gasteiger partial charge in [-0.05, 0) is 19.9 Å². The van der Waals surface area contributed by atoms with Crippen molar-refractivity contribution in [2.24, 2.45) is 7.05 Å². The second-order valence-corrected chi connectivity index (χ2v) is 4.47. The third-order valence-corrected chi connectivity index (χ3v) is 3.11. The van der Waals surface area contributed by atoms with E-state index in [0.717, 1.165) is 13.1 Å². The summed E-state index contributed by atoms with van der Waals surface area (Å²) in [6, 6.07) is 0. The number of hydrogen-bond donors (Lipinski definition) is 1. The monoisotopic (exact) mass is 259 g/mol. The van der Waals surface area contributed by atoms with Crippen LogP contribution in [0, 0.1) is 6.92 Å². The van der Waals surface area contributed by atoms with Gasteiger partial charge < -0.3 is 5.32 Å². The van der Waals surface area contributed by atoms with E-state index >= 15 is 0 Å². The van der Waals surface area contributed by atoms with Crippen molar-refractivity contribution in [3.05, 3.63) is 17.5 Å². The zero-order valence-electron chi connectivity index (χ0n) is 11.3. The molecule has 0 atom stereocenters. The molecule has 17 heavy (non-hydrogen) atoms. The summed E-state index contributed by atoms with van der Waals surface area (Å²) >= 11 is 0. The summed E-state index contributed by atoms with van der Waals surface area (Å²) in [7, 11) is 1.99. The van der Waals surface area contributed by atoms with Crippen molar-refractivity contribution >= 4 is 12.4 Å².